The Bertz CT molecular complexity index is 1080. The molecule has 1 aliphatic carbocycles. The molecule has 3 aromatic rings. The highest BCUT2D eigenvalue weighted by Crippen LogP contribution is 2.21. The predicted octanol–water partition coefficient (Wildman–Crippen LogP) is 5.69. The van der Waals surface area contributed by atoms with E-state index in [9.17, 15) is 9.59 Å². The van der Waals surface area contributed by atoms with Crippen molar-refractivity contribution in [3.8, 4) is 0 Å². The van der Waals surface area contributed by atoms with E-state index in [-0.39, 0.29) is 24.3 Å². The molecule has 176 valence electrons. The summed E-state index contributed by atoms with van der Waals surface area (Å²) in [6.07, 6.45) is 5.04. The highest BCUT2D eigenvalue weighted by Gasteiger charge is 2.32. The standard InChI is InChI=1S/C29H31BrN2O2/c30-25-15-9-14-24(18-25)21-32(28(33)20-23-12-5-2-6-13-23)27(19-22-10-3-1-4-11-22)29(34)31-26-16-7-8-17-26/h1-6,9-15,18,26-27H,7-8,16-17,19-21H2,(H,31,34)/t27-/m1/s1. The first-order valence-corrected chi connectivity index (χ1v) is 12.8. The summed E-state index contributed by atoms with van der Waals surface area (Å²) >= 11 is 3.54. The lowest BCUT2D eigenvalue weighted by molar-refractivity contribution is -0.141. The number of benzene rings is 3. The third-order valence-corrected chi connectivity index (χ3v) is 6.91. The van der Waals surface area contributed by atoms with Crippen LogP contribution in [0.2, 0.25) is 0 Å². The molecule has 0 saturated heterocycles. The topological polar surface area (TPSA) is 49.4 Å². The van der Waals surface area contributed by atoms with Crippen LogP contribution in [0.25, 0.3) is 0 Å². The quantitative estimate of drug-likeness (QED) is 0.395. The number of hydrogen-bond acceptors (Lipinski definition) is 2. The molecule has 0 aromatic heterocycles. The summed E-state index contributed by atoms with van der Waals surface area (Å²) in [7, 11) is 0. The fourth-order valence-corrected chi connectivity index (χ4v) is 5.07. The van der Waals surface area contributed by atoms with Crippen LogP contribution in [0, 0.1) is 0 Å². The van der Waals surface area contributed by atoms with Gasteiger partial charge in [0.2, 0.25) is 11.8 Å². The normalized spacial score (nSPS) is 14.5. The van der Waals surface area contributed by atoms with Gasteiger partial charge in [0, 0.05) is 23.5 Å². The lowest BCUT2D eigenvalue weighted by Gasteiger charge is -2.32. The van der Waals surface area contributed by atoms with Crippen LogP contribution >= 0.6 is 15.9 Å². The molecule has 0 radical (unpaired) electrons. The molecule has 3 aromatic carbocycles. The molecule has 0 bridgehead atoms. The molecule has 1 N–H and O–H groups in total. The molecule has 1 atom stereocenters. The van der Waals surface area contributed by atoms with Gasteiger partial charge in [-0.25, -0.2) is 0 Å². The maximum atomic E-state index is 13.7. The first-order valence-electron chi connectivity index (χ1n) is 12.0. The number of halogens is 1. The third-order valence-electron chi connectivity index (χ3n) is 6.41. The number of amides is 2. The fraction of sp³-hybridized carbons (Fsp3) is 0.310. The minimum atomic E-state index is -0.585. The van der Waals surface area contributed by atoms with Crippen molar-refractivity contribution in [2.75, 3.05) is 0 Å². The second-order valence-electron chi connectivity index (χ2n) is 9.01. The first-order chi connectivity index (χ1) is 16.6. The van der Waals surface area contributed by atoms with E-state index in [0.717, 1.165) is 46.8 Å². The summed E-state index contributed by atoms with van der Waals surface area (Å²) in [5.74, 6) is -0.110. The van der Waals surface area contributed by atoms with Gasteiger partial charge < -0.3 is 10.2 Å². The van der Waals surface area contributed by atoms with E-state index in [0.29, 0.717) is 13.0 Å². The Morgan fingerprint density at radius 1 is 0.853 bits per heavy atom. The molecule has 5 heteroatoms. The van der Waals surface area contributed by atoms with Gasteiger partial charge in [0.1, 0.15) is 6.04 Å². The maximum Gasteiger partial charge on any atom is 0.243 e. The van der Waals surface area contributed by atoms with Gasteiger partial charge in [-0.1, -0.05) is 102 Å². The van der Waals surface area contributed by atoms with E-state index in [1.807, 2.05) is 84.9 Å². The number of hydrogen-bond donors (Lipinski definition) is 1. The van der Waals surface area contributed by atoms with Gasteiger partial charge in [-0.2, -0.15) is 0 Å². The molecule has 0 aliphatic heterocycles. The summed E-state index contributed by atoms with van der Waals surface area (Å²) in [6, 6.07) is 27.3. The van der Waals surface area contributed by atoms with Crippen molar-refractivity contribution in [2.24, 2.45) is 0 Å². The average Bonchev–Trinajstić information content (AvgIpc) is 3.35. The summed E-state index contributed by atoms with van der Waals surface area (Å²) < 4.78 is 0.954. The van der Waals surface area contributed by atoms with Crippen molar-refractivity contribution in [1.82, 2.24) is 10.2 Å². The smallest absolute Gasteiger partial charge is 0.243 e. The van der Waals surface area contributed by atoms with Gasteiger partial charge in [-0.05, 0) is 41.7 Å². The van der Waals surface area contributed by atoms with E-state index in [2.05, 4.69) is 21.2 Å². The van der Waals surface area contributed by atoms with E-state index < -0.39 is 6.04 Å². The zero-order valence-corrected chi connectivity index (χ0v) is 20.9. The van der Waals surface area contributed by atoms with Crippen LogP contribution in [0.3, 0.4) is 0 Å². The van der Waals surface area contributed by atoms with Crippen molar-refractivity contribution < 1.29 is 9.59 Å². The van der Waals surface area contributed by atoms with E-state index in [1.54, 1.807) is 4.90 Å². The summed E-state index contributed by atoms with van der Waals surface area (Å²) in [6.45, 7) is 0.376. The number of carbonyl (C=O) groups is 2. The van der Waals surface area contributed by atoms with Crippen LogP contribution in [-0.4, -0.2) is 28.8 Å². The molecule has 34 heavy (non-hydrogen) atoms. The minimum absolute atomic E-state index is 0.0475. The van der Waals surface area contributed by atoms with Crippen LogP contribution < -0.4 is 5.32 Å². The molecule has 0 heterocycles. The molecule has 1 fully saturated rings. The molecule has 4 rings (SSSR count). The van der Waals surface area contributed by atoms with Gasteiger partial charge in [-0.15, -0.1) is 0 Å². The Morgan fingerprint density at radius 3 is 2.12 bits per heavy atom. The van der Waals surface area contributed by atoms with E-state index in [4.69, 9.17) is 0 Å². The number of nitrogens with zero attached hydrogens (tertiary/aromatic N) is 1. The monoisotopic (exact) mass is 518 g/mol. The zero-order chi connectivity index (χ0) is 23.8. The Morgan fingerprint density at radius 2 is 1.47 bits per heavy atom. The largest absolute Gasteiger partial charge is 0.352 e. The lowest BCUT2D eigenvalue weighted by atomic mass is 10.0. The van der Waals surface area contributed by atoms with Crippen LogP contribution in [0.4, 0.5) is 0 Å². The number of carbonyl (C=O) groups excluding carboxylic acids is 2. The Labute approximate surface area is 210 Å². The second kappa shape index (κ2) is 12.0. The first kappa shape index (κ1) is 24.2. The molecule has 4 nitrogen and oxygen atoms in total. The van der Waals surface area contributed by atoms with Crippen molar-refractivity contribution in [2.45, 2.75) is 57.2 Å². The highest BCUT2D eigenvalue weighted by atomic mass is 79.9. The van der Waals surface area contributed by atoms with Crippen molar-refractivity contribution >= 4 is 27.7 Å². The summed E-state index contributed by atoms with van der Waals surface area (Å²) in [5, 5.41) is 3.25. The lowest BCUT2D eigenvalue weighted by Crippen LogP contribution is -2.52. The van der Waals surface area contributed by atoms with Gasteiger partial charge in [-0.3, -0.25) is 9.59 Å². The molecule has 0 unspecified atom stereocenters. The molecule has 1 saturated carbocycles. The minimum Gasteiger partial charge on any atom is -0.352 e. The van der Waals surface area contributed by atoms with E-state index in [1.165, 1.54) is 0 Å². The van der Waals surface area contributed by atoms with Crippen LogP contribution in [0.5, 0.6) is 0 Å². The van der Waals surface area contributed by atoms with Crippen LogP contribution in [-0.2, 0) is 29.0 Å². The third kappa shape index (κ3) is 6.80. The van der Waals surface area contributed by atoms with Crippen molar-refractivity contribution in [3.05, 3.63) is 106 Å². The van der Waals surface area contributed by atoms with Crippen molar-refractivity contribution in [3.63, 3.8) is 0 Å². The van der Waals surface area contributed by atoms with Crippen LogP contribution in [0.15, 0.2) is 89.4 Å². The molecular formula is C29H31BrN2O2. The molecule has 0 spiro atoms. The second-order valence-corrected chi connectivity index (χ2v) is 9.93. The molecular weight excluding hydrogens is 488 g/mol. The molecule has 2 amide bonds. The maximum absolute atomic E-state index is 13.7. The van der Waals surface area contributed by atoms with Crippen LogP contribution in [0.1, 0.15) is 42.4 Å². The van der Waals surface area contributed by atoms with E-state index >= 15 is 0 Å². The Kier molecular flexibility index (Phi) is 8.53. The Balaban J connectivity index is 1.65. The van der Waals surface area contributed by atoms with Crippen molar-refractivity contribution in [1.29, 1.82) is 0 Å². The number of nitrogens with one attached hydrogen (secondary N) is 1. The summed E-state index contributed by atoms with van der Waals surface area (Å²) in [5.41, 5.74) is 2.98. The van der Waals surface area contributed by atoms with Gasteiger partial charge >= 0.3 is 0 Å². The summed E-state index contributed by atoms with van der Waals surface area (Å²) in [4.78, 5) is 29.1. The average molecular weight is 519 g/mol. The number of rotatable bonds is 9. The predicted molar refractivity (Wildman–Crippen MR) is 139 cm³/mol. The van der Waals surface area contributed by atoms with Gasteiger partial charge in [0.25, 0.3) is 0 Å². The SMILES string of the molecule is O=C(NC1CCCC1)[C@@H](Cc1ccccc1)N(Cc1cccc(Br)c1)C(=O)Cc1ccccc1. The van der Waals surface area contributed by atoms with Gasteiger partial charge in [0.15, 0.2) is 0 Å². The van der Waals surface area contributed by atoms with Gasteiger partial charge in [0.05, 0.1) is 6.42 Å². The Hall–Kier alpha value is -2.92. The zero-order valence-electron chi connectivity index (χ0n) is 19.3. The molecule has 1 aliphatic rings. The fourth-order valence-electron chi connectivity index (χ4n) is 4.63. The highest BCUT2D eigenvalue weighted by molar-refractivity contribution is 9.10.